The molecule has 25 heavy (non-hydrogen) atoms. The van der Waals surface area contributed by atoms with E-state index in [1.54, 1.807) is 4.68 Å². The van der Waals surface area contributed by atoms with Crippen LogP contribution in [0.5, 0.6) is 0 Å². The van der Waals surface area contributed by atoms with Gasteiger partial charge in [0.25, 0.3) is 0 Å². The van der Waals surface area contributed by atoms with Crippen LogP contribution in [0, 0.1) is 5.92 Å². The first-order valence-corrected chi connectivity index (χ1v) is 9.48. The van der Waals surface area contributed by atoms with Gasteiger partial charge in [-0.3, -0.25) is 4.79 Å². The highest BCUT2D eigenvalue weighted by Gasteiger charge is 2.31. The molecular formula is C19H27N5O. The molecule has 0 unspecified atom stereocenters. The van der Waals surface area contributed by atoms with E-state index in [1.807, 2.05) is 29.2 Å². The number of carbonyl (C=O) groups excluding carboxylic acids is 1. The Morgan fingerprint density at radius 3 is 2.72 bits per heavy atom. The quantitative estimate of drug-likeness (QED) is 0.858. The van der Waals surface area contributed by atoms with Gasteiger partial charge in [0, 0.05) is 19.1 Å². The second-order valence-electron chi connectivity index (χ2n) is 7.50. The first-order chi connectivity index (χ1) is 12.2. The fraction of sp³-hybridized carbons (Fsp3) is 0.632. The fourth-order valence-corrected chi connectivity index (χ4v) is 4.49. The number of hydrogen-bond donors (Lipinski definition) is 0. The zero-order valence-corrected chi connectivity index (χ0v) is 15.0. The van der Waals surface area contributed by atoms with E-state index in [0.29, 0.717) is 6.04 Å². The van der Waals surface area contributed by atoms with Crippen LogP contribution in [0.25, 0.3) is 11.0 Å². The molecule has 1 atom stereocenters. The van der Waals surface area contributed by atoms with Gasteiger partial charge in [-0.2, -0.15) is 0 Å². The summed E-state index contributed by atoms with van der Waals surface area (Å²) in [4.78, 5) is 17.2. The molecule has 0 spiro atoms. The number of piperidine rings is 2. The summed E-state index contributed by atoms with van der Waals surface area (Å²) in [6.45, 7) is 3.26. The van der Waals surface area contributed by atoms with E-state index in [9.17, 15) is 4.79 Å². The van der Waals surface area contributed by atoms with Crippen molar-refractivity contribution in [1.82, 2.24) is 24.8 Å². The molecule has 6 heteroatoms. The predicted molar refractivity (Wildman–Crippen MR) is 97.1 cm³/mol. The second kappa shape index (κ2) is 7.12. The molecule has 1 amide bonds. The minimum absolute atomic E-state index is 0.158. The number of fused-ring (bicyclic) bond motifs is 1. The van der Waals surface area contributed by atoms with Gasteiger partial charge in [-0.25, -0.2) is 4.68 Å². The van der Waals surface area contributed by atoms with Crippen molar-refractivity contribution in [2.24, 2.45) is 5.92 Å². The van der Waals surface area contributed by atoms with Gasteiger partial charge < -0.3 is 9.80 Å². The number of likely N-dealkylation sites (tertiary alicyclic amines) is 2. The number of aromatic nitrogens is 3. The van der Waals surface area contributed by atoms with Gasteiger partial charge in [0.1, 0.15) is 12.1 Å². The predicted octanol–water partition coefficient (Wildman–Crippen LogP) is 2.15. The van der Waals surface area contributed by atoms with Crippen molar-refractivity contribution in [2.45, 2.75) is 44.7 Å². The summed E-state index contributed by atoms with van der Waals surface area (Å²) in [6, 6.07) is 8.50. The van der Waals surface area contributed by atoms with E-state index in [1.165, 1.54) is 25.8 Å². The largest absolute Gasteiger partial charge is 0.341 e. The van der Waals surface area contributed by atoms with Crippen molar-refractivity contribution in [1.29, 1.82) is 0 Å². The molecule has 2 aliphatic rings. The Bertz CT molecular complexity index is 734. The molecule has 1 aromatic heterocycles. The number of benzene rings is 1. The molecule has 2 saturated heterocycles. The molecule has 0 aliphatic carbocycles. The van der Waals surface area contributed by atoms with E-state index < -0.39 is 0 Å². The Kier molecular flexibility index (Phi) is 4.70. The van der Waals surface area contributed by atoms with Crippen molar-refractivity contribution < 1.29 is 4.79 Å². The minimum Gasteiger partial charge on any atom is -0.341 e. The van der Waals surface area contributed by atoms with Crippen LogP contribution >= 0.6 is 0 Å². The summed E-state index contributed by atoms with van der Waals surface area (Å²) in [5.74, 6) is 0.896. The zero-order valence-electron chi connectivity index (χ0n) is 15.0. The lowest BCUT2D eigenvalue weighted by atomic mass is 9.84. The lowest BCUT2D eigenvalue weighted by molar-refractivity contribution is -0.133. The standard InChI is InChI=1S/C19H27N5O/c1-22-11-5-4-7-17(22)15-9-12-23(13-10-15)19(25)14-24-18-8-3-2-6-16(18)20-21-24/h2-3,6,8,15,17H,4-5,7,9-14H2,1H3/t17-/m0/s1. The summed E-state index contributed by atoms with van der Waals surface area (Å²) in [5, 5.41) is 8.28. The number of hydrogen-bond acceptors (Lipinski definition) is 4. The molecule has 1 aromatic carbocycles. The number of amides is 1. The van der Waals surface area contributed by atoms with Gasteiger partial charge in [0.2, 0.25) is 5.91 Å². The van der Waals surface area contributed by atoms with Gasteiger partial charge in [0.05, 0.1) is 5.52 Å². The lowest BCUT2D eigenvalue weighted by Crippen LogP contribution is -2.47. The van der Waals surface area contributed by atoms with Crippen LogP contribution in [0.4, 0.5) is 0 Å². The summed E-state index contributed by atoms with van der Waals surface area (Å²) in [7, 11) is 2.26. The summed E-state index contributed by atoms with van der Waals surface area (Å²) in [6.07, 6.45) is 6.25. The van der Waals surface area contributed by atoms with Crippen molar-refractivity contribution in [3.05, 3.63) is 24.3 Å². The Hall–Kier alpha value is -1.95. The van der Waals surface area contributed by atoms with E-state index in [-0.39, 0.29) is 12.5 Å². The van der Waals surface area contributed by atoms with E-state index in [0.717, 1.165) is 42.9 Å². The van der Waals surface area contributed by atoms with Crippen LogP contribution in [-0.4, -0.2) is 63.4 Å². The van der Waals surface area contributed by atoms with Crippen LogP contribution in [0.2, 0.25) is 0 Å². The average Bonchev–Trinajstić information content (AvgIpc) is 3.05. The smallest absolute Gasteiger partial charge is 0.244 e. The molecule has 134 valence electrons. The van der Waals surface area contributed by atoms with Crippen molar-refractivity contribution in [2.75, 3.05) is 26.7 Å². The van der Waals surface area contributed by atoms with E-state index >= 15 is 0 Å². The van der Waals surface area contributed by atoms with Gasteiger partial charge >= 0.3 is 0 Å². The highest BCUT2D eigenvalue weighted by molar-refractivity contribution is 5.79. The molecule has 2 fully saturated rings. The highest BCUT2D eigenvalue weighted by Crippen LogP contribution is 2.29. The van der Waals surface area contributed by atoms with E-state index in [2.05, 4.69) is 22.3 Å². The van der Waals surface area contributed by atoms with Crippen molar-refractivity contribution in [3.8, 4) is 0 Å². The maximum absolute atomic E-state index is 12.7. The van der Waals surface area contributed by atoms with Crippen LogP contribution in [0.15, 0.2) is 24.3 Å². The van der Waals surface area contributed by atoms with Gasteiger partial charge in [-0.05, 0) is 57.3 Å². The second-order valence-corrected chi connectivity index (χ2v) is 7.50. The maximum atomic E-state index is 12.7. The highest BCUT2D eigenvalue weighted by atomic mass is 16.2. The normalized spacial score (nSPS) is 23.2. The Labute approximate surface area is 148 Å². The van der Waals surface area contributed by atoms with Crippen LogP contribution < -0.4 is 0 Å². The minimum atomic E-state index is 0.158. The first-order valence-electron chi connectivity index (χ1n) is 9.48. The third-order valence-corrected chi connectivity index (χ3v) is 5.97. The van der Waals surface area contributed by atoms with Gasteiger partial charge in [-0.15, -0.1) is 5.10 Å². The molecule has 4 rings (SSSR count). The van der Waals surface area contributed by atoms with Crippen LogP contribution in [0.1, 0.15) is 32.1 Å². The monoisotopic (exact) mass is 341 g/mol. The molecular weight excluding hydrogens is 314 g/mol. The Balaban J connectivity index is 1.35. The zero-order chi connectivity index (χ0) is 17.2. The van der Waals surface area contributed by atoms with Gasteiger partial charge in [0.15, 0.2) is 0 Å². The number of carbonyl (C=O) groups is 1. The first kappa shape index (κ1) is 16.5. The molecule has 6 nitrogen and oxygen atoms in total. The Morgan fingerprint density at radius 1 is 1.12 bits per heavy atom. The fourth-order valence-electron chi connectivity index (χ4n) is 4.49. The van der Waals surface area contributed by atoms with Crippen LogP contribution in [0.3, 0.4) is 0 Å². The summed E-state index contributed by atoms with van der Waals surface area (Å²) >= 11 is 0. The maximum Gasteiger partial charge on any atom is 0.244 e. The molecule has 0 saturated carbocycles. The third kappa shape index (κ3) is 3.40. The molecule has 0 radical (unpaired) electrons. The topological polar surface area (TPSA) is 54.3 Å². The van der Waals surface area contributed by atoms with Crippen molar-refractivity contribution >= 4 is 16.9 Å². The molecule has 3 heterocycles. The lowest BCUT2D eigenvalue weighted by Gasteiger charge is -2.42. The third-order valence-electron chi connectivity index (χ3n) is 5.97. The van der Waals surface area contributed by atoms with Crippen molar-refractivity contribution in [3.63, 3.8) is 0 Å². The molecule has 0 bridgehead atoms. The number of para-hydroxylation sites is 1. The molecule has 2 aromatic rings. The molecule has 2 aliphatic heterocycles. The van der Waals surface area contributed by atoms with Crippen LogP contribution in [-0.2, 0) is 11.3 Å². The number of rotatable bonds is 3. The number of nitrogens with zero attached hydrogens (tertiary/aromatic N) is 5. The summed E-state index contributed by atoms with van der Waals surface area (Å²) in [5.41, 5.74) is 1.77. The summed E-state index contributed by atoms with van der Waals surface area (Å²) < 4.78 is 1.72. The molecule has 0 N–H and O–H groups in total. The SMILES string of the molecule is CN1CCCC[C@H]1C1CCN(C(=O)Cn2nnc3ccccc32)CC1. The van der Waals surface area contributed by atoms with Gasteiger partial charge in [-0.1, -0.05) is 23.8 Å². The van der Waals surface area contributed by atoms with E-state index in [4.69, 9.17) is 0 Å². The average molecular weight is 341 g/mol. The Morgan fingerprint density at radius 2 is 1.92 bits per heavy atom.